The van der Waals surface area contributed by atoms with Gasteiger partial charge in [0.2, 0.25) is 5.91 Å². The lowest BCUT2D eigenvalue weighted by Crippen LogP contribution is -2.49. The minimum absolute atomic E-state index is 0.248. The molecule has 4 N–H and O–H groups in total. The van der Waals surface area contributed by atoms with Crippen molar-refractivity contribution >= 4 is 17.8 Å². The summed E-state index contributed by atoms with van der Waals surface area (Å²) >= 11 is 0. The number of hydrogen-bond acceptors (Lipinski definition) is 4. The lowest BCUT2D eigenvalue weighted by atomic mass is 9.98. The minimum atomic E-state index is -0.759. The van der Waals surface area contributed by atoms with Crippen molar-refractivity contribution in [3.05, 3.63) is 0 Å². The fourth-order valence-electron chi connectivity index (χ4n) is 2.66. The van der Waals surface area contributed by atoms with Gasteiger partial charge in [0.15, 0.2) is 0 Å². The second kappa shape index (κ2) is 5.05. The van der Waals surface area contributed by atoms with E-state index >= 15 is 0 Å². The summed E-state index contributed by atoms with van der Waals surface area (Å²) in [5, 5.41) is 5.37. The zero-order valence-corrected chi connectivity index (χ0v) is 12.0. The van der Waals surface area contributed by atoms with Crippen LogP contribution in [0.1, 0.15) is 39.5 Å². The van der Waals surface area contributed by atoms with Crippen LogP contribution in [0, 0.1) is 0 Å². The first-order valence-electron chi connectivity index (χ1n) is 6.93. The Morgan fingerprint density at radius 2 is 2.00 bits per heavy atom. The number of carbonyl (C=O) groups excluding carboxylic acids is 3. The highest BCUT2D eigenvalue weighted by Crippen LogP contribution is 2.34. The van der Waals surface area contributed by atoms with Gasteiger partial charge in [-0.15, -0.1) is 0 Å². The quantitative estimate of drug-likeness (QED) is 0.616. The van der Waals surface area contributed by atoms with Gasteiger partial charge in [-0.3, -0.25) is 14.5 Å². The summed E-state index contributed by atoms with van der Waals surface area (Å²) in [5.41, 5.74) is 4.48. The average molecular weight is 282 g/mol. The third-order valence-corrected chi connectivity index (χ3v) is 3.75. The van der Waals surface area contributed by atoms with E-state index in [4.69, 9.17) is 5.73 Å². The molecule has 2 aliphatic rings. The van der Waals surface area contributed by atoms with E-state index in [1.165, 1.54) is 0 Å². The molecule has 0 unspecified atom stereocenters. The maximum atomic E-state index is 12.3. The van der Waals surface area contributed by atoms with E-state index in [0.29, 0.717) is 19.4 Å². The highest BCUT2D eigenvalue weighted by Gasteiger charge is 2.52. The van der Waals surface area contributed by atoms with E-state index in [9.17, 15) is 14.4 Å². The van der Waals surface area contributed by atoms with Crippen LogP contribution in [-0.4, -0.2) is 46.9 Å². The topological polar surface area (TPSA) is 105 Å². The molecule has 112 valence electrons. The molecule has 0 radical (unpaired) electrons. The van der Waals surface area contributed by atoms with Crippen molar-refractivity contribution in [3.63, 3.8) is 0 Å². The highest BCUT2D eigenvalue weighted by atomic mass is 16.2. The molecule has 1 heterocycles. The molecular formula is C13H22N4O3. The molecule has 1 saturated heterocycles. The third-order valence-electron chi connectivity index (χ3n) is 3.75. The Balaban J connectivity index is 1.94. The molecule has 1 spiro atoms. The second-order valence-corrected chi connectivity index (χ2v) is 6.38. The number of nitrogens with zero attached hydrogens (tertiary/aromatic N) is 1. The van der Waals surface area contributed by atoms with Crippen LogP contribution in [0.5, 0.6) is 0 Å². The van der Waals surface area contributed by atoms with Gasteiger partial charge in [-0.1, -0.05) is 12.8 Å². The van der Waals surface area contributed by atoms with Gasteiger partial charge in [-0.05, 0) is 26.7 Å². The lowest BCUT2D eigenvalue weighted by Gasteiger charge is -2.21. The molecule has 7 heteroatoms. The van der Waals surface area contributed by atoms with Gasteiger partial charge >= 0.3 is 6.03 Å². The maximum absolute atomic E-state index is 12.3. The SMILES string of the molecule is CC(C)(N)CNC(=O)CN1C(=O)NC2(CCCC2)C1=O. The van der Waals surface area contributed by atoms with Crippen molar-refractivity contribution in [2.75, 3.05) is 13.1 Å². The van der Waals surface area contributed by atoms with Crippen molar-refractivity contribution in [3.8, 4) is 0 Å². The van der Waals surface area contributed by atoms with Crippen LogP contribution >= 0.6 is 0 Å². The van der Waals surface area contributed by atoms with Crippen LogP contribution in [0.15, 0.2) is 0 Å². The zero-order chi connectivity index (χ0) is 15.0. The summed E-state index contributed by atoms with van der Waals surface area (Å²) in [6.45, 7) is 3.62. The molecular weight excluding hydrogens is 260 g/mol. The predicted molar refractivity (Wildman–Crippen MR) is 72.7 cm³/mol. The molecule has 20 heavy (non-hydrogen) atoms. The number of carbonyl (C=O) groups is 3. The average Bonchev–Trinajstić information content (AvgIpc) is 2.88. The Morgan fingerprint density at radius 3 is 2.55 bits per heavy atom. The van der Waals surface area contributed by atoms with Crippen LogP contribution in [0.4, 0.5) is 4.79 Å². The van der Waals surface area contributed by atoms with E-state index in [1.54, 1.807) is 13.8 Å². The number of urea groups is 1. The first kappa shape index (κ1) is 14.8. The number of hydrogen-bond donors (Lipinski definition) is 3. The van der Waals surface area contributed by atoms with E-state index < -0.39 is 17.1 Å². The number of rotatable bonds is 4. The summed E-state index contributed by atoms with van der Waals surface area (Å²) in [6.07, 6.45) is 3.16. The molecule has 1 aliphatic heterocycles. The van der Waals surface area contributed by atoms with Crippen LogP contribution in [0.2, 0.25) is 0 Å². The van der Waals surface area contributed by atoms with Crippen molar-refractivity contribution in [1.29, 1.82) is 0 Å². The number of imide groups is 1. The summed E-state index contributed by atoms with van der Waals surface area (Å²) in [6, 6.07) is -0.473. The van der Waals surface area contributed by atoms with Crippen LogP contribution in [-0.2, 0) is 9.59 Å². The number of nitrogens with two attached hydrogens (primary N) is 1. The van der Waals surface area contributed by atoms with Gasteiger partial charge in [0.25, 0.3) is 5.91 Å². The molecule has 0 aromatic heterocycles. The standard InChI is InChI=1S/C13H22N4O3/c1-12(2,14)8-15-9(18)7-17-10(19)13(16-11(17)20)5-3-4-6-13/h3-8,14H2,1-2H3,(H,15,18)(H,16,20). The van der Waals surface area contributed by atoms with Crippen LogP contribution < -0.4 is 16.4 Å². The smallest absolute Gasteiger partial charge is 0.325 e. The molecule has 0 aromatic carbocycles. The Labute approximate surface area is 118 Å². The monoisotopic (exact) mass is 282 g/mol. The van der Waals surface area contributed by atoms with E-state index in [0.717, 1.165) is 17.7 Å². The molecule has 7 nitrogen and oxygen atoms in total. The van der Waals surface area contributed by atoms with E-state index in [1.807, 2.05) is 0 Å². The Hall–Kier alpha value is -1.63. The van der Waals surface area contributed by atoms with Crippen LogP contribution in [0.3, 0.4) is 0 Å². The first-order valence-corrected chi connectivity index (χ1v) is 6.93. The van der Waals surface area contributed by atoms with E-state index in [2.05, 4.69) is 10.6 Å². The Morgan fingerprint density at radius 1 is 1.40 bits per heavy atom. The molecule has 2 fully saturated rings. The highest BCUT2D eigenvalue weighted by molar-refractivity contribution is 6.09. The first-order chi connectivity index (χ1) is 9.23. The van der Waals surface area contributed by atoms with Gasteiger partial charge in [-0.2, -0.15) is 0 Å². The van der Waals surface area contributed by atoms with Gasteiger partial charge in [0.1, 0.15) is 12.1 Å². The second-order valence-electron chi connectivity index (χ2n) is 6.38. The van der Waals surface area contributed by atoms with E-state index in [-0.39, 0.29) is 18.4 Å². The summed E-state index contributed by atoms with van der Waals surface area (Å²) < 4.78 is 0. The van der Waals surface area contributed by atoms with Gasteiger partial charge in [0, 0.05) is 12.1 Å². The maximum Gasteiger partial charge on any atom is 0.325 e. The van der Waals surface area contributed by atoms with Gasteiger partial charge in [0.05, 0.1) is 0 Å². The zero-order valence-electron chi connectivity index (χ0n) is 12.0. The van der Waals surface area contributed by atoms with Gasteiger partial charge < -0.3 is 16.4 Å². The summed E-state index contributed by atoms with van der Waals surface area (Å²) in [7, 11) is 0. The normalized spacial score (nSPS) is 21.4. The fraction of sp³-hybridized carbons (Fsp3) is 0.769. The molecule has 1 aliphatic carbocycles. The third kappa shape index (κ3) is 2.92. The predicted octanol–water partition coefficient (Wildman–Crippen LogP) is -0.295. The fourth-order valence-corrected chi connectivity index (χ4v) is 2.66. The molecule has 2 rings (SSSR count). The molecule has 4 amide bonds. The summed E-state index contributed by atoms with van der Waals surface area (Å²) in [5.74, 6) is -0.649. The number of amides is 4. The van der Waals surface area contributed by atoms with Gasteiger partial charge in [-0.25, -0.2) is 4.79 Å². The Bertz CT molecular complexity index is 435. The molecule has 0 aromatic rings. The Kier molecular flexibility index (Phi) is 3.73. The van der Waals surface area contributed by atoms with Crippen molar-refractivity contribution < 1.29 is 14.4 Å². The summed E-state index contributed by atoms with van der Waals surface area (Å²) in [4.78, 5) is 37.0. The largest absolute Gasteiger partial charge is 0.353 e. The van der Waals surface area contributed by atoms with Crippen molar-refractivity contribution in [2.45, 2.75) is 50.6 Å². The lowest BCUT2D eigenvalue weighted by molar-refractivity contribution is -0.134. The minimum Gasteiger partial charge on any atom is -0.353 e. The number of nitrogens with one attached hydrogen (secondary N) is 2. The van der Waals surface area contributed by atoms with Crippen molar-refractivity contribution in [2.24, 2.45) is 5.73 Å². The van der Waals surface area contributed by atoms with Crippen LogP contribution in [0.25, 0.3) is 0 Å². The molecule has 0 atom stereocenters. The van der Waals surface area contributed by atoms with Crippen molar-refractivity contribution in [1.82, 2.24) is 15.5 Å². The molecule has 0 bridgehead atoms. The molecule has 1 saturated carbocycles.